The highest BCUT2D eigenvalue weighted by Gasteiger charge is 2.34. The summed E-state index contributed by atoms with van der Waals surface area (Å²) >= 11 is 7.08. The van der Waals surface area contributed by atoms with Gasteiger partial charge in [0.25, 0.3) is 5.91 Å². The van der Waals surface area contributed by atoms with Crippen LogP contribution in [0, 0.1) is 0 Å². The maximum Gasteiger partial charge on any atom is 0.414 e. The number of carbonyl (C=O) groups excluding carboxylic acids is 3. The van der Waals surface area contributed by atoms with E-state index >= 15 is 0 Å². The van der Waals surface area contributed by atoms with Crippen molar-refractivity contribution in [2.24, 2.45) is 0 Å². The van der Waals surface area contributed by atoms with Gasteiger partial charge in [-0.1, -0.05) is 11.6 Å². The second kappa shape index (κ2) is 11.2. The van der Waals surface area contributed by atoms with E-state index in [2.05, 4.69) is 15.5 Å². The Morgan fingerprint density at radius 2 is 1.97 bits per heavy atom. The lowest BCUT2D eigenvalue weighted by atomic mass is 10.1. The summed E-state index contributed by atoms with van der Waals surface area (Å²) in [6, 6.07) is 8.89. The van der Waals surface area contributed by atoms with Gasteiger partial charge in [-0.2, -0.15) is 0 Å². The number of anilines is 3. The Bertz CT molecular complexity index is 1170. The van der Waals surface area contributed by atoms with Crippen LogP contribution in [0.1, 0.15) is 41.8 Å². The van der Waals surface area contributed by atoms with Crippen LogP contribution in [0.2, 0.25) is 4.34 Å². The molecule has 2 amide bonds. The van der Waals surface area contributed by atoms with Gasteiger partial charge in [0.1, 0.15) is 12.2 Å². The predicted octanol–water partition coefficient (Wildman–Crippen LogP) is 3.58. The zero-order chi connectivity index (χ0) is 25.9. The number of hydrogen-bond acceptors (Lipinski definition) is 9. The van der Waals surface area contributed by atoms with Gasteiger partial charge in [-0.15, -0.1) is 11.3 Å². The molecule has 37 heavy (non-hydrogen) atoms. The van der Waals surface area contributed by atoms with E-state index in [9.17, 15) is 19.5 Å². The molecule has 3 N–H and O–H groups in total. The molecule has 10 nitrogen and oxygen atoms in total. The highest BCUT2D eigenvalue weighted by atomic mass is 35.5. The number of benzene rings is 1. The van der Waals surface area contributed by atoms with Crippen molar-refractivity contribution in [3.05, 3.63) is 39.5 Å². The van der Waals surface area contributed by atoms with E-state index in [0.29, 0.717) is 27.0 Å². The van der Waals surface area contributed by atoms with E-state index in [1.165, 1.54) is 22.7 Å². The van der Waals surface area contributed by atoms with Gasteiger partial charge in [0.05, 0.1) is 33.7 Å². The summed E-state index contributed by atoms with van der Waals surface area (Å²) in [4.78, 5) is 40.8. The molecule has 5 rings (SSSR count). The lowest BCUT2D eigenvalue weighted by Gasteiger charge is -2.32. The van der Waals surface area contributed by atoms with E-state index in [-0.39, 0.29) is 31.4 Å². The molecule has 0 radical (unpaired) electrons. The fraction of sp³-hybridized carbons (Fsp3) is 0.480. The quantitative estimate of drug-likeness (QED) is 0.338. The number of hydrogen-bond donors (Lipinski definition) is 3. The number of amides is 2. The molecule has 3 aliphatic rings. The summed E-state index contributed by atoms with van der Waals surface area (Å²) in [7, 11) is 0. The average Bonchev–Trinajstić information content (AvgIpc) is 3.63. The van der Waals surface area contributed by atoms with Crippen molar-refractivity contribution >= 4 is 58.0 Å². The maximum atomic E-state index is 12.7. The fourth-order valence-corrected chi connectivity index (χ4v) is 5.77. The number of ether oxygens (including phenoxy) is 2. The zero-order valence-corrected chi connectivity index (χ0v) is 21.7. The van der Waals surface area contributed by atoms with Crippen molar-refractivity contribution < 1.29 is 29.0 Å². The first kappa shape index (κ1) is 25.6. The zero-order valence-electron chi connectivity index (χ0n) is 20.2. The van der Waals surface area contributed by atoms with Crippen molar-refractivity contribution in [2.45, 2.75) is 50.5 Å². The Labute approximate surface area is 223 Å². The van der Waals surface area contributed by atoms with E-state index in [0.717, 1.165) is 31.6 Å². The molecule has 4 heterocycles. The number of halogens is 1. The maximum absolute atomic E-state index is 12.7. The van der Waals surface area contributed by atoms with Gasteiger partial charge >= 0.3 is 12.1 Å². The van der Waals surface area contributed by atoms with Crippen LogP contribution >= 0.6 is 22.9 Å². The summed E-state index contributed by atoms with van der Waals surface area (Å²) in [6.45, 7) is 2.21. The standard InChI is InChI=1S/C25H29ClN4O6S/c26-21-8-7-20(37-21)24(33)27-13-16-14-30(25(34)35-16)15-4-5-18(29-10-2-1-3-11-29)17(12-15)28-23(32)19-6-9-22(31)36-19/h4-5,7-8,12,16,19,23,28,32H,1-3,6,9-11,13-14H2,(H,27,33). The SMILES string of the molecule is O=C1CCC(C(O)Nc2cc(N3CC(CNC(=O)c4ccc(Cl)s4)OC3=O)ccc2N2CCCCC2)O1. The third-order valence-electron chi connectivity index (χ3n) is 6.72. The van der Waals surface area contributed by atoms with Crippen LogP contribution in [0.5, 0.6) is 0 Å². The summed E-state index contributed by atoms with van der Waals surface area (Å²) in [6.07, 6.45) is 1.30. The second-order valence-corrected chi connectivity index (χ2v) is 11.1. The normalized spacial score (nSPS) is 22.5. The van der Waals surface area contributed by atoms with Crippen LogP contribution in [-0.4, -0.2) is 67.7 Å². The molecule has 3 atom stereocenters. The Morgan fingerprint density at radius 3 is 2.68 bits per heavy atom. The summed E-state index contributed by atoms with van der Waals surface area (Å²) < 4.78 is 11.2. The molecule has 0 aliphatic carbocycles. The monoisotopic (exact) mass is 548 g/mol. The Morgan fingerprint density at radius 1 is 1.16 bits per heavy atom. The molecule has 1 aromatic carbocycles. The van der Waals surface area contributed by atoms with Crippen molar-refractivity contribution in [3.8, 4) is 0 Å². The summed E-state index contributed by atoms with van der Waals surface area (Å²) in [5, 5.41) is 16.6. The molecular weight excluding hydrogens is 520 g/mol. The van der Waals surface area contributed by atoms with Crippen molar-refractivity contribution in [1.82, 2.24) is 5.32 Å². The molecule has 1 aromatic heterocycles. The van der Waals surface area contributed by atoms with Crippen LogP contribution in [0.3, 0.4) is 0 Å². The van der Waals surface area contributed by atoms with Crippen molar-refractivity contribution in [1.29, 1.82) is 0 Å². The average molecular weight is 549 g/mol. The number of esters is 1. The number of rotatable bonds is 8. The van der Waals surface area contributed by atoms with Crippen molar-refractivity contribution in [3.63, 3.8) is 0 Å². The number of aliphatic hydroxyl groups is 1. The van der Waals surface area contributed by atoms with Gasteiger partial charge in [0.15, 0.2) is 6.23 Å². The molecular formula is C25H29ClN4O6S. The molecule has 3 fully saturated rings. The molecule has 0 bridgehead atoms. The number of nitrogens with zero attached hydrogens (tertiary/aromatic N) is 2. The number of aliphatic hydroxyl groups excluding tert-OH is 1. The number of nitrogens with one attached hydrogen (secondary N) is 2. The van der Waals surface area contributed by atoms with Crippen LogP contribution in [-0.2, 0) is 14.3 Å². The number of thiophene rings is 1. The van der Waals surface area contributed by atoms with E-state index in [1.807, 2.05) is 12.1 Å². The first-order valence-electron chi connectivity index (χ1n) is 12.4. The molecule has 12 heteroatoms. The van der Waals surface area contributed by atoms with Gasteiger partial charge in [-0.3, -0.25) is 14.5 Å². The Hall–Kier alpha value is -3.02. The van der Waals surface area contributed by atoms with Crippen LogP contribution in [0.15, 0.2) is 30.3 Å². The second-order valence-electron chi connectivity index (χ2n) is 9.34. The summed E-state index contributed by atoms with van der Waals surface area (Å²) in [5.74, 6) is -0.596. The van der Waals surface area contributed by atoms with Crippen LogP contribution < -0.4 is 20.4 Å². The topological polar surface area (TPSA) is 120 Å². The lowest BCUT2D eigenvalue weighted by Crippen LogP contribution is -2.35. The Balaban J connectivity index is 1.29. The number of carbonyl (C=O) groups is 3. The van der Waals surface area contributed by atoms with Gasteiger partial charge in [0, 0.05) is 25.2 Å². The first-order chi connectivity index (χ1) is 17.9. The smallest absolute Gasteiger partial charge is 0.414 e. The van der Waals surface area contributed by atoms with Gasteiger partial charge < -0.3 is 30.1 Å². The van der Waals surface area contributed by atoms with E-state index < -0.39 is 24.5 Å². The minimum atomic E-state index is -1.08. The lowest BCUT2D eigenvalue weighted by molar-refractivity contribution is -0.144. The third-order valence-corrected chi connectivity index (χ3v) is 7.95. The largest absolute Gasteiger partial charge is 0.458 e. The van der Waals surface area contributed by atoms with E-state index in [1.54, 1.807) is 18.2 Å². The minimum Gasteiger partial charge on any atom is -0.458 e. The molecule has 198 valence electrons. The van der Waals surface area contributed by atoms with E-state index in [4.69, 9.17) is 21.1 Å². The van der Waals surface area contributed by atoms with Gasteiger partial charge in [-0.25, -0.2) is 4.79 Å². The molecule has 3 aliphatic heterocycles. The molecule has 3 saturated heterocycles. The summed E-state index contributed by atoms with van der Waals surface area (Å²) in [5.41, 5.74) is 2.16. The fourth-order valence-electron chi connectivity index (χ4n) is 4.81. The molecule has 2 aromatic rings. The minimum absolute atomic E-state index is 0.166. The Kier molecular flexibility index (Phi) is 7.73. The van der Waals surface area contributed by atoms with Gasteiger partial charge in [-0.05, 0) is 56.0 Å². The highest BCUT2D eigenvalue weighted by molar-refractivity contribution is 7.18. The molecule has 0 spiro atoms. The number of piperidine rings is 1. The first-order valence-corrected chi connectivity index (χ1v) is 13.6. The predicted molar refractivity (Wildman–Crippen MR) is 141 cm³/mol. The van der Waals surface area contributed by atoms with Crippen LogP contribution in [0.25, 0.3) is 0 Å². The molecule has 3 unspecified atom stereocenters. The highest BCUT2D eigenvalue weighted by Crippen LogP contribution is 2.35. The third kappa shape index (κ3) is 5.94. The number of cyclic esters (lactones) is 2. The van der Waals surface area contributed by atoms with Gasteiger partial charge in [0.2, 0.25) is 0 Å². The van der Waals surface area contributed by atoms with Crippen molar-refractivity contribution in [2.75, 3.05) is 41.3 Å². The molecule has 0 saturated carbocycles. The van der Waals surface area contributed by atoms with Crippen LogP contribution in [0.4, 0.5) is 21.9 Å².